The lowest BCUT2D eigenvalue weighted by Crippen LogP contribution is -2.34. The zero-order chi connectivity index (χ0) is 12.8. The third-order valence-corrected chi connectivity index (χ3v) is 4.09. The van der Waals surface area contributed by atoms with Crippen molar-refractivity contribution in [3.05, 3.63) is 0 Å². The molecular weight excluding hydrogens is 224 g/mol. The molecule has 0 spiro atoms. The van der Waals surface area contributed by atoms with Gasteiger partial charge in [-0.05, 0) is 25.8 Å². The number of hydrogen-bond donors (Lipinski definition) is 1. The highest BCUT2D eigenvalue weighted by Crippen LogP contribution is 2.18. The highest BCUT2D eigenvalue weighted by atomic mass is 16.2. The van der Waals surface area contributed by atoms with E-state index in [-0.39, 0.29) is 11.8 Å². The Morgan fingerprint density at radius 2 is 2.11 bits per heavy atom. The van der Waals surface area contributed by atoms with Crippen LogP contribution in [0.2, 0.25) is 0 Å². The van der Waals surface area contributed by atoms with Gasteiger partial charge in [-0.3, -0.25) is 4.79 Å². The van der Waals surface area contributed by atoms with Crippen LogP contribution in [0.1, 0.15) is 44.9 Å². The predicted octanol–water partition coefficient (Wildman–Crippen LogP) is 1.78. The van der Waals surface area contributed by atoms with Crippen LogP contribution in [0.3, 0.4) is 0 Å². The molecular formula is C15H24N2O. The van der Waals surface area contributed by atoms with Gasteiger partial charge in [0.15, 0.2) is 0 Å². The molecule has 3 heteroatoms. The second kappa shape index (κ2) is 6.80. The van der Waals surface area contributed by atoms with Gasteiger partial charge in [0.25, 0.3) is 0 Å². The van der Waals surface area contributed by atoms with Crippen molar-refractivity contribution in [1.29, 1.82) is 0 Å². The summed E-state index contributed by atoms with van der Waals surface area (Å²) in [5, 5.41) is 3.61. The van der Waals surface area contributed by atoms with Crippen LogP contribution in [0.5, 0.6) is 0 Å². The Labute approximate surface area is 110 Å². The van der Waals surface area contributed by atoms with Crippen LogP contribution in [0.4, 0.5) is 0 Å². The molecule has 1 aliphatic heterocycles. The monoisotopic (exact) mass is 248 g/mol. The van der Waals surface area contributed by atoms with Crippen LogP contribution in [0.15, 0.2) is 0 Å². The minimum Gasteiger partial charge on any atom is -0.341 e. The third kappa shape index (κ3) is 3.74. The summed E-state index contributed by atoms with van der Waals surface area (Å²) < 4.78 is 0. The standard InChI is InChI=1S/C15H24N2O/c1-2-13-11-15(18)17(12-13)10-6-9-16-14-7-4-3-5-8-14/h1,13-14,16H,3-12H2. The zero-order valence-electron chi connectivity index (χ0n) is 11.2. The number of hydrogen-bond acceptors (Lipinski definition) is 2. The van der Waals surface area contributed by atoms with E-state index in [9.17, 15) is 4.79 Å². The Morgan fingerprint density at radius 3 is 2.78 bits per heavy atom. The smallest absolute Gasteiger partial charge is 0.223 e. The fourth-order valence-corrected chi connectivity index (χ4v) is 2.98. The van der Waals surface area contributed by atoms with Gasteiger partial charge in [-0.15, -0.1) is 12.3 Å². The number of rotatable bonds is 5. The largest absolute Gasteiger partial charge is 0.341 e. The molecule has 1 aliphatic carbocycles. The van der Waals surface area contributed by atoms with Gasteiger partial charge < -0.3 is 10.2 Å². The van der Waals surface area contributed by atoms with Gasteiger partial charge in [0.05, 0.1) is 0 Å². The number of terminal acetylenes is 1. The lowest BCUT2D eigenvalue weighted by molar-refractivity contribution is -0.127. The lowest BCUT2D eigenvalue weighted by Gasteiger charge is -2.23. The van der Waals surface area contributed by atoms with Crippen LogP contribution in [-0.4, -0.2) is 36.5 Å². The summed E-state index contributed by atoms with van der Waals surface area (Å²) in [5.41, 5.74) is 0. The summed E-state index contributed by atoms with van der Waals surface area (Å²) in [6.07, 6.45) is 13.7. The molecule has 3 nitrogen and oxygen atoms in total. The van der Waals surface area contributed by atoms with Crippen LogP contribution in [-0.2, 0) is 4.79 Å². The first-order chi connectivity index (χ1) is 8.79. The van der Waals surface area contributed by atoms with Gasteiger partial charge in [-0.25, -0.2) is 0 Å². The molecule has 0 aromatic heterocycles. The number of amides is 1. The molecule has 1 atom stereocenters. The van der Waals surface area contributed by atoms with E-state index in [1.807, 2.05) is 4.90 Å². The quantitative estimate of drug-likeness (QED) is 0.594. The van der Waals surface area contributed by atoms with Crippen molar-refractivity contribution in [3.63, 3.8) is 0 Å². The van der Waals surface area contributed by atoms with Crippen LogP contribution in [0.25, 0.3) is 0 Å². The van der Waals surface area contributed by atoms with E-state index in [1.165, 1.54) is 32.1 Å². The first kappa shape index (κ1) is 13.4. The van der Waals surface area contributed by atoms with Gasteiger partial charge in [0.1, 0.15) is 0 Å². The van der Waals surface area contributed by atoms with Crippen molar-refractivity contribution < 1.29 is 4.79 Å². The van der Waals surface area contributed by atoms with E-state index < -0.39 is 0 Å². The molecule has 1 amide bonds. The average Bonchev–Trinajstić information content (AvgIpc) is 2.77. The summed E-state index contributed by atoms with van der Waals surface area (Å²) in [6, 6.07) is 0.714. The Balaban J connectivity index is 1.58. The third-order valence-electron chi connectivity index (χ3n) is 4.09. The molecule has 18 heavy (non-hydrogen) atoms. The summed E-state index contributed by atoms with van der Waals surface area (Å²) in [5.74, 6) is 3.06. The van der Waals surface area contributed by atoms with Crippen molar-refractivity contribution in [3.8, 4) is 12.3 Å². The van der Waals surface area contributed by atoms with E-state index in [0.29, 0.717) is 12.5 Å². The van der Waals surface area contributed by atoms with Crippen LogP contribution >= 0.6 is 0 Å². The van der Waals surface area contributed by atoms with Crippen molar-refractivity contribution in [1.82, 2.24) is 10.2 Å². The fourth-order valence-electron chi connectivity index (χ4n) is 2.98. The number of carbonyl (C=O) groups excluding carboxylic acids is 1. The summed E-state index contributed by atoms with van der Waals surface area (Å²) in [4.78, 5) is 13.6. The Hall–Kier alpha value is -1.01. The summed E-state index contributed by atoms with van der Waals surface area (Å²) in [6.45, 7) is 2.64. The van der Waals surface area contributed by atoms with E-state index in [4.69, 9.17) is 6.42 Å². The molecule has 1 heterocycles. The molecule has 1 N–H and O–H groups in total. The molecule has 0 radical (unpaired) electrons. The molecule has 0 aromatic carbocycles. The van der Waals surface area contributed by atoms with E-state index >= 15 is 0 Å². The van der Waals surface area contributed by atoms with Gasteiger partial charge in [0, 0.05) is 31.5 Å². The van der Waals surface area contributed by atoms with Gasteiger partial charge in [0.2, 0.25) is 5.91 Å². The van der Waals surface area contributed by atoms with E-state index in [2.05, 4.69) is 11.2 Å². The van der Waals surface area contributed by atoms with E-state index in [1.54, 1.807) is 0 Å². The average molecular weight is 248 g/mol. The molecule has 1 unspecified atom stereocenters. The van der Waals surface area contributed by atoms with E-state index in [0.717, 1.165) is 26.1 Å². The summed E-state index contributed by atoms with van der Waals surface area (Å²) in [7, 11) is 0. The number of nitrogens with one attached hydrogen (secondary N) is 1. The topological polar surface area (TPSA) is 32.3 Å². The van der Waals surface area contributed by atoms with Gasteiger partial charge >= 0.3 is 0 Å². The lowest BCUT2D eigenvalue weighted by atomic mass is 9.95. The first-order valence-corrected chi connectivity index (χ1v) is 7.27. The van der Waals surface area contributed by atoms with Gasteiger partial charge in [-0.1, -0.05) is 19.3 Å². The van der Waals surface area contributed by atoms with Crippen LogP contribution in [0, 0.1) is 18.3 Å². The van der Waals surface area contributed by atoms with Gasteiger partial charge in [-0.2, -0.15) is 0 Å². The molecule has 2 fully saturated rings. The number of nitrogens with zero attached hydrogens (tertiary/aromatic N) is 1. The molecule has 1 saturated heterocycles. The fraction of sp³-hybridized carbons (Fsp3) is 0.800. The molecule has 1 saturated carbocycles. The molecule has 0 bridgehead atoms. The van der Waals surface area contributed by atoms with Crippen molar-refractivity contribution in [2.75, 3.05) is 19.6 Å². The molecule has 100 valence electrons. The zero-order valence-corrected chi connectivity index (χ0v) is 11.2. The second-order valence-corrected chi connectivity index (χ2v) is 5.55. The minimum absolute atomic E-state index is 0.142. The maximum absolute atomic E-state index is 11.6. The van der Waals surface area contributed by atoms with Crippen molar-refractivity contribution in [2.24, 2.45) is 5.92 Å². The molecule has 2 rings (SSSR count). The number of carbonyl (C=O) groups is 1. The second-order valence-electron chi connectivity index (χ2n) is 5.55. The Bertz CT molecular complexity index is 315. The maximum atomic E-state index is 11.6. The highest BCUT2D eigenvalue weighted by molar-refractivity contribution is 5.79. The normalized spacial score (nSPS) is 25.4. The minimum atomic E-state index is 0.142. The summed E-state index contributed by atoms with van der Waals surface area (Å²) >= 11 is 0. The first-order valence-electron chi connectivity index (χ1n) is 7.27. The molecule has 0 aromatic rings. The number of likely N-dealkylation sites (tertiary alicyclic amines) is 1. The highest BCUT2D eigenvalue weighted by Gasteiger charge is 2.27. The Kier molecular flexibility index (Phi) is 5.07. The predicted molar refractivity (Wildman–Crippen MR) is 73.0 cm³/mol. The van der Waals surface area contributed by atoms with Crippen LogP contribution < -0.4 is 5.32 Å². The van der Waals surface area contributed by atoms with Crippen molar-refractivity contribution >= 4 is 5.91 Å². The Morgan fingerprint density at radius 1 is 1.33 bits per heavy atom. The SMILES string of the molecule is C#CC1CC(=O)N(CCCNC2CCCCC2)C1. The molecule has 2 aliphatic rings. The maximum Gasteiger partial charge on any atom is 0.223 e. The van der Waals surface area contributed by atoms with Crippen molar-refractivity contribution in [2.45, 2.75) is 51.0 Å².